The van der Waals surface area contributed by atoms with E-state index >= 15 is 0 Å². The van der Waals surface area contributed by atoms with E-state index in [-0.39, 0.29) is 18.9 Å². The first-order valence-corrected chi connectivity index (χ1v) is 2.12. The fourth-order valence-electron chi connectivity index (χ4n) is 0.414. The van der Waals surface area contributed by atoms with Gasteiger partial charge in [-0.05, 0) is 12.1 Å². The van der Waals surface area contributed by atoms with Crippen molar-refractivity contribution in [1.82, 2.24) is 0 Å². The van der Waals surface area contributed by atoms with Gasteiger partial charge in [0.1, 0.15) is 11.6 Å². The summed E-state index contributed by atoms with van der Waals surface area (Å²) in [5.41, 5.74) is 0. The molecular formula is C6H4F2Li. The van der Waals surface area contributed by atoms with Crippen molar-refractivity contribution in [3.63, 3.8) is 0 Å². The zero-order valence-electron chi connectivity index (χ0n) is 3.99. The van der Waals surface area contributed by atoms with E-state index in [9.17, 15) is 8.78 Å². The maximum absolute atomic E-state index is 11.9. The van der Waals surface area contributed by atoms with Crippen LogP contribution in [-0.2, 0) is 0 Å². The van der Waals surface area contributed by atoms with Gasteiger partial charge in [0, 0.05) is 0 Å². The molecule has 3 heteroatoms. The van der Waals surface area contributed by atoms with Gasteiger partial charge >= 0.3 is 18.9 Å². The van der Waals surface area contributed by atoms with Gasteiger partial charge in [-0.3, -0.25) is 0 Å². The number of benzene rings is 1. The Bertz CT molecular complexity index is 171. The van der Waals surface area contributed by atoms with E-state index in [0.29, 0.717) is 0 Å². The summed E-state index contributed by atoms with van der Waals surface area (Å²) >= 11 is 0. The fraction of sp³-hybridized carbons (Fsp3) is 0. The van der Waals surface area contributed by atoms with E-state index < -0.39 is 11.6 Å². The predicted molar refractivity (Wildman–Crippen MR) is 32.3 cm³/mol. The molecule has 0 spiro atoms. The van der Waals surface area contributed by atoms with Crippen molar-refractivity contribution in [1.29, 1.82) is 0 Å². The molecule has 43 valence electrons. The van der Waals surface area contributed by atoms with E-state index in [1.54, 1.807) is 0 Å². The van der Waals surface area contributed by atoms with Crippen LogP contribution >= 0.6 is 0 Å². The van der Waals surface area contributed by atoms with Gasteiger partial charge in [0.25, 0.3) is 0 Å². The van der Waals surface area contributed by atoms with E-state index in [4.69, 9.17) is 0 Å². The summed E-state index contributed by atoms with van der Waals surface area (Å²) in [7, 11) is 0. The molecule has 9 heavy (non-hydrogen) atoms. The topological polar surface area (TPSA) is 0 Å². The van der Waals surface area contributed by atoms with E-state index in [1.165, 1.54) is 6.07 Å². The van der Waals surface area contributed by atoms with Crippen LogP contribution in [0.1, 0.15) is 0 Å². The van der Waals surface area contributed by atoms with Gasteiger partial charge < -0.3 is 0 Å². The van der Waals surface area contributed by atoms with Crippen molar-refractivity contribution < 1.29 is 8.78 Å². The first-order chi connectivity index (χ1) is 3.79. The third-order valence-electron chi connectivity index (χ3n) is 0.724. The molecule has 0 bridgehead atoms. The normalized spacial score (nSPS) is 8.22. The molecule has 0 aliphatic carbocycles. The molecule has 0 aliphatic rings. The first kappa shape index (κ1) is 8.68. The van der Waals surface area contributed by atoms with Crippen LogP contribution in [0.2, 0.25) is 0 Å². The Hall–Kier alpha value is -0.323. The second-order valence-electron chi connectivity index (χ2n) is 1.35. The molecule has 0 saturated heterocycles. The summed E-state index contributed by atoms with van der Waals surface area (Å²) < 4.78 is 23.7. The predicted octanol–water partition coefficient (Wildman–Crippen LogP) is 1.12. The second-order valence-corrected chi connectivity index (χ2v) is 1.35. The molecule has 1 aromatic rings. The van der Waals surface area contributed by atoms with Crippen molar-refractivity contribution in [3.8, 4) is 0 Å². The number of hydrogen-bond acceptors (Lipinski definition) is 0. The van der Waals surface area contributed by atoms with E-state index in [0.717, 1.165) is 12.1 Å². The van der Waals surface area contributed by atoms with E-state index in [1.807, 2.05) is 6.07 Å². The van der Waals surface area contributed by atoms with Gasteiger partial charge in [-0.2, -0.15) is 0 Å². The Morgan fingerprint density at radius 2 is 1.56 bits per heavy atom. The molecule has 1 aromatic carbocycles. The van der Waals surface area contributed by atoms with Crippen LogP contribution in [0.4, 0.5) is 8.78 Å². The molecule has 0 heterocycles. The van der Waals surface area contributed by atoms with Gasteiger partial charge in [0.2, 0.25) is 0 Å². The molecule has 0 nitrogen and oxygen atoms in total. The molecule has 1 rings (SSSR count). The Labute approximate surface area is 64.1 Å². The van der Waals surface area contributed by atoms with Gasteiger partial charge in [0.05, 0.1) is 6.07 Å². The quantitative estimate of drug-likeness (QED) is 0.451. The molecule has 0 fully saturated rings. The summed E-state index contributed by atoms with van der Waals surface area (Å²) in [5.74, 6) is -1.32. The summed E-state index contributed by atoms with van der Waals surface area (Å²) in [6.07, 6.45) is 0. The van der Waals surface area contributed by atoms with Crippen LogP contribution in [0.25, 0.3) is 0 Å². The fourth-order valence-corrected chi connectivity index (χ4v) is 0.414. The van der Waals surface area contributed by atoms with Gasteiger partial charge in [-0.1, -0.05) is 6.07 Å². The Morgan fingerprint density at radius 1 is 1.11 bits per heavy atom. The van der Waals surface area contributed by atoms with Crippen LogP contribution in [0.15, 0.2) is 18.2 Å². The van der Waals surface area contributed by atoms with Crippen LogP contribution in [0, 0.1) is 17.7 Å². The number of halogens is 2. The number of hydrogen-bond donors (Lipinski definition) is 0. The summed E-state index contributed by atoms with van der Waals surface area (Å²) in [5, 5.41) is 0. The molecule has 0 unspecified atom stereocenters. The molecule has 1 radical (unpaired) electrons. The van der Waals surface area contributed by atoms with Gasteiger partial charge in [-0.15, -0.1) is 0 Å². The van der Waals surface area contributed by atoms with Crippen LogP contribution in [0.5, 0.6) is 0 Å². The summed E-state index contributed by atoms with van der Waals surface area (Å²) in [6.45, 7) is 0. The monoisotopic (exact) mass is 121 g/mol. The SMILES string of the molecule is Fc1[c]c(F)ccc1.[LiH]. The van der Waals surface area contributed by atoms with Crippen molar-refractivity contribution >= 4 is 18.9 Å². The van der Waals surface area contributed by atoms with Crippen molar-refractivity contribution in [3.05, 3.63) is 35.9 Å². The van der Waals surface area contributed by atoms with Crippen LogP contribution < -0.4 is 0 Å². The zero-order valence-corrected chi connectivity index (χ0v) is 3.99. The van der Waals surface area contributed by atoms with E-state index in [2.05, 4.69) is 0 Å². The standard InChI is InChI=1S/C6H3F2.Li.H/c7-5-2-1-3-6(8)4-5;;/h1-3H;;. The third-order valence-corrected chi connectivity index (χ3v) is 0.724. The Morgan fingerprint density at radius 3 is 1.78 bits per heavy atom. The summed E-state index contributed by atoms with van der Waals surface area (Å²) in [4.78, 5) is 0. The zero-order chi connectivity index (χ0) is 5.98. The Kier molecular flexibility index (Phi) is 3.52. The molecule has 0 amide bonds. The van der Waals surface area contributed by atoms with Gasteiger partial charge in [-0.25, -0.2) is 8.78 Å². The molecule has 0 N–H and O–H groups in total. The molecule has 0 atom stereocenters. The second kappa shape index (κ2) is 3.66. The minimum atomic E-state index is -0.662. The number of rotatable bonds is 0. The maximum atomic E-state index is 11.9. The van der Waals surface area contributed by atoms with Crippen LogP contribution in [0.3, 0.4) is 0 Å². The third kappa shape index (κ3) is 2.64. The summed E-state index contributed by atoms with van der Waals surface area (Å²) in [6, 6.07) is 5.41. The van der Waals surface area contributed by atoms with Crippen molar-refractivity contribution in [2.45, 2.75) is 0 Å². The molecule has 0 saturated carbocycles. The Balaban J connectivity index is 0.000000640. The molecular weight excluding hydrogens is 117 g/mol. The molecule has 0 aromatic heterocycles. The van der Waals surface area contributed by atoms with Gasteiger partial charge in [0.15, 0.2) is 0 Å². The van der Waals surface area contributed by atoms with Crippen molar-refractivity contribution in [2.24, 2.45) is 0 Å². The van der Waals surface area contributed by atoms with Crippen molar-refractivity contribution in [2.75, 3.05) is 0 Å². The average molecular weight is 121 g/mol. The molecule has 0 aliphatic heterocycles. The minimum absolute atomic E-state index is 0. The first-order valence-electron chi connectivity index (χ1n) is 2.12. The average Bonchev–Trinajstić information content (AvgIpc) is 1.64. The van der Waals surface area contributed by atoms with Crippen LogP contribution in [-0.4, -0.2) is 18.9 Å².